The van der Waals surface area contributed by atoms with Crippen LogP contribution in [0.25, 0.3) is 0 Å². The van der Waals surface area contributed by atoms with E-state index in [-0.39, 0.29) is 5.56 Å². The van der Waals surface area contributed by atoms with E-state index in [1.807, 2.05) is 0 Å². The van der Waals surface area contributed by atoms with Crippen LogP contribution in [0.1, 0.15) is 10.4 Å². The minimum absolute atomic E-state index is 0.279. The smallest absolute Gasteiger partial charge is 0.194 e. The molecule has 1 unspecified atom stereocenters. The first-order valence-electron chi connectivity index (χ1n) is 3.87. The van der Waals surface area contributed by atoms with E-state index in [2.05, 4.69) is 6.07 Å². The SMILES string of the molecule is CS(=O)(=O)C(N)C(=O)c1cc[c]cc1. The topological polar surface area (TPSA) is 77.2 Å². The van der Waals surface area contributed by atoms with Crippen molar-refractivity contribution in [1.29, 1.82) is 0 Å². The van der Waals surface area contributed by atoms with Crippen LogP contribution in [0, 0.1) is 6.07 Å². The summed E-state index contributed by atoms with van der Waals surface area (Å²) in [5.41, 5.74) is 5.56. The van der Waals surface area contributed by atoms with Crippen molar-refractivity contribution in [2.45, 2.75) is 5.37 Å². The molecule has 1 atom stereocenters. The maximum Gasteiger partial charge on any atom is 0.194 e. The van der Waals surface area contributed by atoms with Gasteiger partial charge in [0.25, 0.3) is 0 Å². The lowest BCUT2D eigenvalue weighted by Gasteiger charge is -2.07. The minimum atomic E-state index is -3.53. The summed E-state index contributed by atoms with van der Waals surface area (Å²) in [6.07, 6.45) is 0.935. The van der Waals surface area contributed by atoms with Gasteiger partial charge in [-0.05, 0) is 6.07 Å². The molecule has 1 aromatic carbocycles. The largest absolute Gasteiger partial charge is 0.309 e. The van der Waals surface area contributed by atoms with Crippen molar-refractivity contribution < 1.29 is 13.2 Å². The van der Waals surface area contributed by atoms with Crippen LogP contribution in [0.15, 0.2) is 24.3 Å². The maximum atomic E-state index is 11.5. The van der Waals surface area contributed by atoms with Gasteiger partial charge in [-0.3, -0.25) is 4.79 Å². The highest BCUT2D eigenvalue weighted by Crippen LogP contribution is 2.05. The molecule has 0 amide bonds. The third-order valence-electron chi connectivity index (χ3n) is 1.72. The summed E-state index contributed by atoms with van der Waals surface area (Å²) in [5.74, 6) is -0.596. The minimum Gasteiger partial charge on any atom is -0.309 e. The number of carbonyl (C=O) groups excluding carboxylic acids is 1. The molecule has 0 aliphatic heterocycles. The number of hydrogen-bond acceptors (Lipinski definition) is 4. The first kappa shape index (κ1) is 10.9. The first-order chi connectivity index (χ1) is 6.43. The summed E-state index contributed by atoms with van der Waals surface area (Å²) in [4.78, 5) is 11.5. The highest BCUT2D eigenvalue weighted by molar-refractivity contribution is 7.92. The van der Waals surface area contributed by atoms with Gasteiger partial charge < -0.3 is 5.73 Å². The summed E-state index contributed by atoms with van der Waals surface area (Å²) in [5, 5.41) is -1.48. The van der Waals surface area contributed by atoms with E-state index >= 15 is 0 Å². The van der Waals surface area contributed by atoms with E-state index in [4.69, 9.17) is 5.73 Å². The Morgan fingerprint density at radius 3 is 2.36 bits per heavy atom. The molecule has 2 N–H and O–H groups in total. The average molecular weight is 212 g/mol. The van der Waals surface area contributed by atoms with Gasteiger partial charge >= 0.3 is 0 Å². The second-order valence-corrected chi connectivity index (χ2v) is 5.07. The lowest BCUT2D eigenvalue weighted by atomic mass is 10.1. The van der Waals surface area contributed by atoms with Crippen LogP contribution < -0.4 is 5.73 Å². The van der Waals surface area contributed by atoms with Crippen LogP contribution >= 0.6 is 0 Å². The van der Waals surface area contributed by atoms with E-state index in [1.165, 1.54) is 24.3 Å². The van der Waals surface area contributed by atoms with Crippen molar-refractivity contribution in [3.63, 3.8) is 0 Å². The zero-order valence-corrected chi connectivity index (χ0v) is 8.41. The summed E-state index contributed by atoms with van der Waals surface area (Å²) < 4.78 is 22.0. The maximum absolute atomic E-state index is 11.5. The lowest BCUT2D eigenvalue weighted by Crippen LogP contribution is -2.37. The van der Waals surface area contributed by atoms with Crippen LogP contribution in [0.2, 0.25) is 0 Å². The highest BCUT2D eigenvalue weighted by atomic mass is 32.2. The molecule has 1 aromatic rings. The Morgan fingerprint density at radius 2 is 1.93 bits per heavy atom. The van der Waals surface area contributed by atoms with Crippen molar-refractivity contribution in [1.82, 2.24) is 0 Å². The predicted octanol–water partition coefficient (Wildman–Crippen LogP) is -0.00111. The number of carbonyl (C=O) groups is 1. The second-order valence-electron chi connectivity index (χ2n) is 2.90. The van der Waals surface area contributed by atoms with E-state index in [0.29, 0.717) is 0 Å². The Balaban J connectivity index is 2.99. The molecule has 0 fully saturated rings. The van der Waals surface area contributed by atoms with Gasteiger partial charge in [-0.2, -0.15) is 0 Å². The van der Waals surface area contributed by atoms with Gasteiger partial charge in [0, 0.05) is 11.8 Å². The molecule has 1 radical (unpaired) electrons. The number of ketones is 1. The molecule has 5 heteroatoms. The fraction of sp³-hybridized carbons (Fsp3) is 0.222. The molecular weight excluding hydrogens is 202 g/mol. The third kappa shape index (κ3) is 2.40. The highest BCUT2D eigenvalue weighted by Gasteiger charge is 2.24. The summed E-state index contributed by atoms with van der Waals surface area (Å²) in [6.45, 7) is 0. The predicted molar refractivity (Wildman–Crippen MR) is 52.4 cm³/mol. The molecule has 14 heavy (non-hydrogen) atoms. The number of hydrogen-bond donors (Lipinski definition) is 1. The number of sulfone groups is 1. The van der Waals surface area contributed by atoms with Crippen LogP contribution in [-0.4, -0.2) is 25.8 Å². The number of Topliss-reactive ketones (excluding diaryl/α,β-unsaturated/α-hetero) is 1. The molecule has 0 aromatic heterocycles. The van der Waals surface area contributed by atoms with Gasteiger partial charge in [-0.25, -0.2) is 8.42 Å². The Hall–Kier alpha value is -1.20. The summed E-state index contributed by atoms with van der Waals surface area (Å²) in [6, 6.07) is 8.74. The lowest BCUT2D eigenvalue weighted by molar-refractivity contribution is 0.0988. The molecule has 4 nitrogen and oxygen atoms in total. The fourth-order valence-electron chi connectivity index (χ4n) is 0.910. The van der Waals surface area contributed by atoms with Gasteiger partial charge in [0.05, 0.1) is 0 Å². The van der Waals surface area contributed by atoms with Crippen molar-refractivity contribution in [3.8, 4) is 0 Å². The second kappa shape index (κ2) is 3.89. The van der Waals surface area contributed by atoms with Crippen molar-refractivity contribution in [2.24, 2.45) is 5.73 Å². The molecule has 0 saturated heterocycles. The van der Waals surface area contributed by atoms with Crippen molar-refractivity contribution >= 4 is 15.6 Å². The van der Waals surface area contributed by atoms with E-state index in [0.717, 1.165) is 6.26 Å². The van der Waals surface area contributed by atoms with Crippen molar-refractivity contribution in [2.75, 3.05) is 6.26 Å². The van der Waals surface area contributed by atoms with E-state index in [1.54, 1.807) is 0 Å². The molecule has 0 saturated carbocycles. The summed E-state index contributed by atoms with van der Waals surface area (Å²) in [7, 11) is -3.53. The van der Waals surface area contributed by atoms with Crippen molar-refractivity contribution in [3.05, 3.63) is 35.9 Å². The van der Waals surface area contributed by atoms with Gasteiger partial charge in [0.15, 0.2) is 21.0 Å². The molecule has 75 valence electrons. The van der Waals surface area contributed by atoms with E-state index in [9.17, 15) is 13.2 Å². The number of nitrogens with two attached hydrogens (primary N) is 1. The molecule has 1 rings (SSSR count). The summed E-state index contributed by atoms with van der Waals surface area (Å²) >= 11 is 0. The van der Waals surface area contributed by atoms with Gasteiger partial charge in [-0.1, -0.05) is 24.3 Å². The first-order valence-corrected chi connectivity index (χ1v) is 5.83. The fourth-order valence-corrected chi connectivity index (χ4v) is 1.43. The average Bonchev–Trinajstić information content (AvgIpc) is 2.15. The zero-order chi connectivity index (χ0) is 10.8. The Bertz CT molecular complexity index is 425. The Kier molecular flexibility index (Phi) is 3.03. The van der Waals surface area contributed by atoms with Gasteiger partial charge in [0.2, 0.25) is 0 Å². The van der Waals surface area contributed by atoms with Crippen LogP contribution in [-0.2, 0) is 9.84 Å². The standard InChI is InChI=1S/C9H10NO3S/c1-14(12,13)9(10)8(11)7-5-3-2-4-6-7/h3-6,9H,10H2,1H3. The monoisotopic (exact) mass is 212 g/mol. The normalized spacial score (nSPS) is 13.6. The van der Waals surface area contributed by atoms with Crippen LogP contribution in [0.4, 0.5) is 0 Å². The molecule has 0 spiro atoms. The Labute approximate surface area is 82.7 Å². The molecule has 0 aliphatic rings. The quantitative estimate of drug-likeness (QED) is 0.715. The zero-order valence-electron chi connectivity index (χ0n) is 7.60. The molecule has 0 bridgehead atoms. The number of rotatable bonds is 3. The van der Waals surface area contributed by atoms with Gasteiger partial charge in [-0.15, -0.1) is 0 Å². The van der Waals surface area contributed by atoms with E-state index < -0.39 is 21.0 Å². The third-order valence-corrected chi connectivity index (χ3v) is 2.86. The Morgan fingerprint density at radius 1 is 1.43 bits per heavy atom. The van der Waals surface area contributed by atoms with Crippen LogP contribution in [0.5, 0.6) is 0 Å². The number of benzene rings is 1. The van der Waals surface area contributed by atoms with Crippen LogP contribution in [0.3, 0.4) is 0 Å². The molecule has 0 heterocycles. The molecular formula is C9H10NO3S. The van der Waals surface area contributed by atoms with Gasteiger partial charge in [0.1, 0.15) is 0 Å². The molecule has 0 aliphatic carbocycles.